The molecule has 0 saturated heterocycles. The highest BCUT2D eigenvalue weighted by molar-refractivity contribution is 5.59. The third-order valence-electron chi connectivity index (χ3n) is 1.64. The minimum Gasteiger partial charge on any atom is -0.508 e. The summed E-state index contributed by atoms with van der Waals surface area (Å²) in [5, 5.41) is 9.25. The molecule has 0 radical (unpaired) electrons. The molecule has 52 valence electrons. The first-order chi connectivity index (χ1) is 4.88. The summed E-state index contributed by atoms with van der Waals surface area (Å²) in [5.74, 6) is 0.356. The second-order valence-corrected chi connectivity index (χ2v) is 2.28. The van der Waals surface area contributed by atoms with Crippen LogP contribution in [0.5, 0.6) is 5.75 Å². The standard InChI is InChI=1S/C7H8N2O/c10-7-3-1-2-6-5(7)4-8-9-6/h1-3,8-10H,4H2. The minimum atomic E-state index is 0.356. The summed E-state index contributed by atoms with van der Waals surface area (Å²) in [6, 6.07) is 5.43. The number of phenolic OH excluding ortho intramolecular Hbond substituents is 1. The van der Waals surface area contributed by atoms with Crippen molar-refractivity contribution in [1.82, 2.24) is 5.43 Å². The lowest BCUT2D eigenvalue weighted by atomic mass is 10.2. The first-order valence-corrected chi connectivity index (χ1v) is 3.17. The maximum Gasteiger partial charge on any atom is 0.122 e. The quantitative estimate of drug-likeness (QED) is 0.494. The lowest BCUT2D eigenvalue weighted by molar-refractivity contribution is 0.469. The molecule has 1 heterocycles. The number of hydrogen-bond donors (Lipinski definition) is 3. The molecule has 1 aromatic carbocycles. The van der Waals surface area contributed by atoms with Crippen LogP contribution in [0, 0.1) is 0 Å². The van der Waals surface area contributed by atoms with Gasteiger partial charge in [0, 0.05) is 12.1 Å². The number of nitrogens with one attached hydrogen (secondary N) is 2. The van der Waals surface area contributed by atoms with E-state index >= 15 is 0 Å². The number of hydrogen-bond acceptors (Lipinski definition) is 3. The van der Waals surface area contributed by atoms with Crippen LogP contribution in [0.2, 0.25) is 0 Å². The van der Waals surface area contributed by atoms with Gasteiger partial charge in [0.15, 0.2) is 0 Å². The fraction of sp³-hybridized carbons (Fsp3) is 0.143. The number of fused-ring (bicyclic) bond motifs is 1. The number of aromatic hydroxyl groups is 1. The topological polar surface area (TPSA) is 44.3 Å². The smallest absolute Gasteiger partial charge is 0.122 e. The average Bonchev–Trinajstić information content (AvgIpc) is 2.36. The number of rotatable bonds is 0. The van der Waals surface area contributed by atoms with Crippen molar-refractivity contribution in [2.75, 3.05) is 5.43 Å². The van der Waals surface area contributed by atoms with Gasteiger partial charge < -0.3 is 10.5 Å². The Morgan fingerprint density at radius 1 is 1.40 bits per heavy atom. The molecule has 0 aromatic heterocycles. The SMILES string of the molecule is Oc1cccc2c1CNN2. The van der Waals surface area contributed by atoms with Crippen molar-refractivity contribution in [2.24, 2.45) is 0 Å². The zero-order chi connectivity index (χ0) is 6.97. The van der Waals surface area contributed by atoms with Crippen LogP contribution in [0.25, 0.3) is 0 Å². The first kappa shape index (κ1) is 5.56. The van der Waals surface area contributed by atoms with Crippen LogP contribution in [0.15, 0.2) is 18.2 Å². The van der Waals surface area contributed by atoms with Gasteiger partial charge in [0.1, 0.15) is 5.75 Å². The predicted molar refractivity (Wildman–Crippen MR) is 38.6 cm³/mol. The zero-order valence-corrected chi connectivity index (χ0v) is 5.39. The van der Waals surface area contributed by atoms with Gasteiger partial charge in [-0.2, -0.15) is 0 Å². The van der Waals surface area contributed by atoms with Gasteiger partial charge in [0.25, 0.3) is 0 Å². The van der Waals surface area contributed by atoms with Gasteiger partial charge in [-0.15, -0.1) is 0 Å². The third-order valence-corrected chi connectivity index (χ3v) is 1.64. The molecule has 0 saturated carbocycles. The Kier molecular flexibility index (Phi) is 1.05. The normalized spacial score (nSPS) is 14.4. The summed E-state index contributed by atoms with van der Waals surface area (Å²) in [6.45, 7) is 0.696. The molecule has 0 atom stereocenters. The van der Waals surface area contributed by atoms with E-state index in [9.17, 15) is 5.11 Å². The molecule has 0 amide bonds. The van der Waals surface area contributed by atoms with E-state index in [0.29, 0.717) is 12.3 Å². The van der Waals surface area contributed by atoms with Gasteiger partial charge in [-0.25, -0.2) is 5.43 Å². The molecule has 1 aromatic rings. The molecule has 10 heavy (non-hydrogen) atoms. The van der Waals surface area contributed by atoms with E-state index in [1.54, 1.807) is 6.07 Å². The lowest BCUT2D eigenvalue weighted by Gasteiger charge is -1.97. The van der Waals surface area contributed by atoms with E-state index in [1.807, 2.05) is 12.1 Å². The summed E-state index contributed by atoms with van der Waals surface area (Å²) >= 11 is 0. The van der Waals surface area contributed by atoms with E-state index < -0.39 is 0 Å². The minimum absolute atomic E-state index is 0.356. The summed E-state index contributed by atoms with van der Waals surface area (Å²) in [6.07, 6.45) is 0. The Hall–Kier alpha value is -1.22. The summed E-state index contributed by atoms with van der Waals surface area (Å²) in [4.78, 5) is 0. The van der Waals surface area contributed by atoms with Gasteiger partial charge in [0.05, 0.1) is 5.69 Å². The average molecular weight is 136 g/mol. The molecule has 1 aliphatic rings. The highest BCUT2D eigenvalue weighted by atomic mass is 16.3. The first-order valence-electron chi connectivity index (χ1n) is 3.17. The monoisotopic (exact) mass is 136 g/mol. The molecule has 0 spiro atoms. The molecule has 3 N–H and O–H groups in total. The highest BCUT2D eigenvalue weighted by Crippen LogP contribution is 2.27. The van der Waals surface area contributed by atoms with Crippen molar-refractivity contribution in [2.45, 2.75) is 6.54 Å². The number of hydrazine groups is 1. The second kappa shape index (κ2) is 1.88. The Bertz CT molecular complexity index is 260. The molecular weight excluding hydrogens is 128 g/mol. The van der Waals surface area contributed by atoms with E-state index in [-0.39, 0.29) is 0 Å². The maximum absolute atomic E-state index is 9.25. The van der Waals surface area contributed by atoms with Gasteiger partial charge in [0.2, 0.25) is 0 Å². The van der Waals surface area contributed by atoms with Gasteiger partial charge in [-0.3, -0.25) is 0 Å². The molecule has 0 fully saturated rings. The van der Waals surface area contributed by atoms with Crippen LogP contribution in [0.1, 0.15) is 5.56 Å². The second-order valence-electron chi connectivity index (χ2n) is 2.28. The van der Waals surface area contributed by atoms with Crippen LogP contribution >= 0.6 is 0 Å². The van der Waals surface area contributed by atoms with Crippen molar-refractivity contribution < 1.29 is 5.11 Å². The number of phenols is 1. The van der Waals surface area contributed by atoms with Crippen molar-refractivity contribution in [3.8, 4) is 5.75 Å². The van der Waals surface area contributed by atoms with Gasteiger partial charge in [-0.05, 0) is 12.1 Å². The molecule has 3 nitrogen and oxygen atoms in total. The van der Waals surface area contributed by atoms with Crippen LogP contribution in [0.4, 0.5) is 5.69 Å². The summed E-state index contributed by atoms with van der Waals surface area (Å²) in [5.41, 5.74) is 7.77. The zero-order valence-electron chi connectivity index (χ0n) is 5.39. The Balaban J connectivity index is 2.59. The Labute approximate surface area is 58.7 Å². The molecule has 0 aliphatic carbocycles. The van der Waals surface area contributed by atoms with E-state index in [0.717, 1.165) is 11.3 Å². The predicted octanol–water partition coefficient (Wildman–Crippen LogP) is 0.822. The van der Waals surface area contributed by atoms with Gasteiger partial charge in [-0.1, -0.05) is 6.07 Å². The summed E-state index contributed by atoms with van der Waals surface area (Å²) in [7, 11) is 0. The van der Waals surface area contributed by atoms with Crippen molar-refractivity contribution >= 4 is 5.69 Å². The Morgan fingerprint density at radius 2 is 2.30 bits per heavy atom. The number of anilines is 1. The van der Waals surface area contributed by atoms with E-state index in [2.05, 4.69) is 10.9 Å². The van der Waals surface area contributed by atoms with E-state index in [1.165, 1.54) is 0 Å². The van der Waals surface area contributed by atoms with Crippen molar-refractivity contribution in [3.63, 3.8) is 0 Å². The third kappa shape index (κ3) is 0.642. The van der Waals surface area contributed by atoms with Crippen LogP contribution in [-0.4, -0.2) is 5.11 Å². The fourth-order valence-electron chi connectivity index (χ4n) is 1.11. The molecule has 3 heteroatoms. The van der Waals surface area contributed by atoms with Crippen LogP contribution < -0.4 is 10.9 Å². The highest BCUT2D eigenvalue weighted by Gasteiger charge is 2.11. The molecule has 2 rings (SSSR count). The van der Waals surface area contributed by atoms with Crippen LogP contribution in [0.3, 0.4) is 0 Å². The Morgan fingerprint density at radius 3 is 3.10 bits per heavy atom. The van der Waals surface area contributed by atoms with Gasteiger partial charge >= 0.3 is 0 Å². The van der Waals surface area contributed by atoms with Crippen molar-refractivity contribution in [3.05, 3.63) is 23.8 Å². The molecule has 1 aliphatic heterocycles. The molecule has 0 bridgehead atoms. The molecule has 0 unspecified atom stereocenters. The fourth-order valence-corrected chi connectivity index (χ4v) is 1.11. The van der Waals surface area contributed by atoms with E-state index in [4.69, 9.17) is 0 Å². The maximum atomic E-state index is 9.25. The van der Waals surface area contributed by atoms with Crippen LogP contribution in [-0.2, 0) is 6.54 Å². The molecular formula is C7H8N2O. The largest absolute Gasteiger partial charge is 0.508 e. The van der Waals surface area contributed by atoms with Crippen molar-refractivity contribution in [1.29, 1.82) is 0 Å². The summed E-state index contributed by atoms with van der Waals surface area (Å²) < 4.78 is 0. The number of benzene rings is 1. The lowest BCUT2D eigenvalue weighted by Crippen LogP contribution is -2.10.